The normalized spacial score (nSPS) is 12.9. The van der Waals surface area contributed by atoms with Gasteiger partial charge in [0.15, 0.2) is 0 Å². The first-order chi connectivity index (χ1) is 3.31. The van der Waals surface area contributed by atoms with E-state index in [1.807, 2.05) is 6.92 Å². The summed E-state index contributed by atoms with van der Waals surface area (Å²) in [5.41, 5.74) is 0. The van der Waals surface area contributed by atoms with Gasteiger partial charge in [0.25, 0.3) is 0 Å². The standard InChI is InChI=1S/C6H12N/c1-4-6(3)7-5-2/h6-7H,1,5H2,2-3H3/q+1. The summed E-state index contributed by atoms with van der Waals surface area (Å²) in [6, 6.07) is 0.338. The van der Waals surface area contributed by atoms with Crippen LogP contribution in [0.1, 0.15) is 13.8 Å². The lowest BCUT2D eigenvalue weighted by molar-refractivity contribution is 0.650. The monoisotopic (exact) mass is 98.1 g/mol. The van der Waals surface area contributed by atoms with E-state index in [0.717, 1.165) is 6.54 Å². The Hall–Kier alpha value is -0.390. The highest BCUT2D eigenvalue weighted by Gasteiger charge is 2.01. The summed E-state index contributed by atoms with van der Waals surface area (Å²) in [6.45, 7) is 8.57. The zero-order valence-electron chi connectivity index (χ0n) is 4.99. The van der Waals surface area contributed by atoms with Crippen molar-refractivity contribution in [2.24, 2.45) is 0 Å². The predicted molar refractivity (Wildman–Crippen MR) is 32.0 cm³/mol. The lowest BCUT2D eigenvalue weighted by Gasteiger charge is -1.91. The fourth-order valence-corrected chi connectivity index (χ4v) is 0.378. The molecule has 0 aromatic rings. The average Bonchev–Trinajstić information content (AvgIpc) is 1.68. The number of hydrogen-bond acceptors (Lipinski definition) is 1. The Balaban J connectivity index is 2.98. The Labute approximate surface area is 45.4 Å². The summed E-state index contributed by atoms with van der Waals surface area (Å²) >= 11 is 0. The largest absolute Gasteiger partial charge is 0.268 e. The van der Waals surface area contributed by atoms with Crippen LogP contribution in [-0.2, 0) is 0 Å². The number of likely N-dealkylation sites (N-methyl/N-ethyl adjacent to an activating group) is 1. The first kappa shape index (κ1) is 6.61. The third-order valence-corrected chi connectivity index (χ3v) is 0.816. The third-order valence-electron chi connectivity index (χ3n) is 0.816. The summed E-state index contributed by atoms with van der Waals surface area (Å²) in [6.07, 6.45) is 2.80. The maximum absolute atomic E-state index is 3.49. The molecule has 0 heterocycles. The van der Waals surface area contributed by atoms with Crippen LogP contribution in [0.4, 0.5) is 0 Å². The van der Waals surface area contributed by atoms with E-state index in [9.17, 15) is 0 Å². The highest BCUT2D eigenvalue weighted by molar-refractivity contribution is 4.70. The molecule has 0 spiro atoms. The first-order valence-electron chi connectivity index (χ1n) is 2.57. The quantitative estimate of drug-likeness (QED) is 0.519. The van der Waals surface area contributed by atoms with Crippen LogP contribution in [0.25, 0.3) is 0 Å². The Morgan fingerprint density at radius 1 is 1.86 bits per heavy atom. The fraction of sp³-hybridized carbons (Fsp3) is 0.667. The molecule has 0 aromatic carbocycles. The van der Waals surface area contributed by atoms with Crippen LogP contribution in [-0.4, -0.2) is 12.6 Å². The first-order valence-corrected chi connectivity index (χ1v) is 2.57. The minimum atomic E-state index is 0.338. The molecule has 0 radical (unpaired) electrons. The molecule has 1 nitrogen and oxygen atoms in total. The van der Waals surface area contributed by atoms with Gasteiger partial charge in [0.1, 0.15) is 6.58 Å². The van der Waals surface area contributed by atoms with Crippen molar-refractivity contribution >= 4 is 0 Å². The van der Waals surface area contributed by atoms with E-state index in [4.69, 9.17) is 0 Å². The van der Waals surface area contributed by atoms with Gasteiger partial charge in [-0.15, -0.1) is 0 Å². The summed E-state index contributed by atoms with van der Waals surface area (Å²) in [5.74, 6) is 0. The van der Waals surface area contributed by atoms with Crippen molar-refractivity contribution in [3.8, 4) is 0 Å². The van der Waals surface area contributed by atoms with Crippen molar-refractivity contribution in [2.75, 3.05) is 6.54 Å². The Morgan fingerprint density at radius 2 is 2.43 bits per heavy atom. The zero-order chi connectivity index (χ0) is 5.70. The van der Waals surface area contributed by atoms with E-state index >= 15 is 0 Å². The summed E-state index contributed by atoms with van der Waals surface area (Å²) in [7, 11) is 0. The Bertz CT molecular complexity index is 50.1. The Kier molecular flexibility index (Phi) is 3.58. The van der Waals surface area contributed by atoms with Gasteiger partial charge in [0, 0.05) is 6.92 Å². The minimum absolute atomic E-state index is 0.338. The molecule has 0 rings (SSSR count). The molecule has 1 atom stereocenters. The van der Waals surface area contributed by atoms with Gasteiger partial charge in [-0.05, 0) is 6.54 Å². The molecule has 0 saturated carbocycles. The van der Waals surface area contributed by atoms with Crippen molar-refractivity contribution in [2.45, 2.75) is 19.9 Å². The number of nitrogens with one attached hydrogen (secondary N) is 1. The molecule has 0 aliphatic heterocycles. The lowest BCUT2D eigenvalue weighted by Crippen LogP contribution is -2.22. The zero-order valence-corrected chi connectivity index (χ0v) is 4.99. The molecule has 0 amide bonds. The van der Waals surface area contributed by atoms with Crippen molar-refractivity contribution in [3.05, 3.63) is 12.7 Å². The third kappa shape index (κ3) is 3.44. The molecule has 40 valence electrons. The van der Waals surface area contributed by atoms with Crippen LogP contribution in [0.3, 0.4) is 0 Å². The van der Waals surface area contributed by atoms with E-state index in [1.165, 1.54) is 0 Å². The molecule has 0 aliphatic carbocycles. The van der Waals surface area contributed by atoms with Crippen LogP contribution in [0.5, 0.6) is 0 Å². The van der Waals surface area contributed by atoms with Crippen molar-refractivity contribution < 1.29 is 0 Å². The maximum atomic E-state index is 3.49. The molecular formula is C6H12N+. The van der Waals surface area contributed by atoms with Gasteiger partial charge in [-0.25, -0.2) is 0 Å². The summed E-state index contributed by atoms with van der Waals surface area (Å²) < 4.78 is 0. The average molecular weight is 98.2 g/mol. The minimum Gasteiger partial charge on any atom is -0.268 e. The van der Waals surface area contributed by atoms with Crippen LogP contribution < -0.4 is 5.32 Å². The van der Waals surface area contributed by atoms with Crippen LogP contribution in [0.2, 0.25) is 0 Å². The van der Waals surface area contributed by atoms with E-state index in [1.54, 1.807) is 0 Å². The smallest absolute Gasteiger partial charge is 0.234 e. The highest BCUT2D eigenvalue weighted by atomic mass is 14.9. The van der Waals surface area contributed by atoms with E-state index < -0.39 is 0 Å². The van der Waals surface area contributed by atoms with E-state index in [2.05, 4.69) is 24.9 Å². The maximum Gasteiger partial charge on any atom is 0.234 e. The molecule has 0 bridgehead atoms. The SMILES string of the molecule is C=[C+]C(C)NCC. The van der Waals surface area contributed by atoms with Crippen LogP contribution in [0, 0.1) is 6.08 Å². The molecule has 7 heavy (non-hydrogen) atoms. The van der Waals surface area contributed by atoms with E-state index in [-0.39, 0.29) is 0 Å². The van der Waals surface area contributed by atoms with Crippen LogP contribution in [0.15, 0.2) is 6.58 Å². The van der Waals surface area contributed by atoms with Gasteiger partial charge in [-0.2, -0.15) is 0 Å². The molecule has 1 heteroatoms. The molecule has 1 unspecified atom stereocenters. The number of hydrogen-bond donors (Lipinski definition) is 1. The summed E-state index contributed by atoms with van der Waals surface area (Å²) in [5, 5.41) is 3.12. The summed E-state index contributed by atoms with van der Waals surface area (Å²) in [4.78, 5) is 0. The van der Waals surface area contributed by atoms with Gasteiger partial charge in [0.05, 0.1) is 0 Å². The van der Waals surface area contributed by atoms with Crippen molar-refractivity contribution in [1.29, 1.82) is 0 Å². The molecule has 0 fully saturated rings. The molecule has 0 aromatic heterocycles. The molecule has 0 saturated heterocycles. The predicted octanol–water partition coefficient (Wildman–Crippen LogP) is 0.974. The molecule has 0 aliphatic rings. The second kappa shape index (κ2) is 3.79. The van der Waals surface area contributed by atoms with Crippen LogP contribution >= 0.6 is 0 Å². The molecule has 1 N–H and O–H groups in total. The number of rotatable bonds is 3. The van der Waals surface area contributed by atoms with Gasteiger partial charge >= 0.3 is 0 Å². The van der Waals surface area contributed by atoms with E-state index in [0.29, 0.717) is 6.04 Å². The fourth-order valence-electron chi connectivity index (χ4n) is 0.378. The second-order valence-corrected chi connectivity index (χ2v) is 1.48. The lowest BCUT2D eigenvalue weighted by atomic mass is 10.3. The second-order valence-electron chi connectivity index (χ2n) is 1.48. The van der Waals surface area contributed by atoms with Gasteiger partial charge in [0.2, 0.25) is 12.1 Å². The van der Waals surface area contributed by atoms with Gasteiger partial charge in [-0.1, -0.05) is 6.92 Å². The van der Waals surface area contributed by atoms with Crippen molar-refractivity contribution in [1.82, 2.24) is 5.32 Å². The molecular weight excluding hydrogens is 86.1 g/mol. The highest BCUT2D eigenvalue weighted by Crippen LogP contribution is 1.75. The topological polar surface area (TPSA) is 12.0 Å². The van der Waals surface area contributed by atoms with Gasteiger partial charge in [-0.3, -0.25) is 5.32 Å². The Morgan fingerprint density at radius 3 is 2.57 bits per heavy atom. The van der Waals surface area contributed by atoms with Gasteiger partial charge < -0.3 is 0 Å². The van der Waals surface area contributed by atoms with Crippen molar-refractivity contribution in [3.63, 3.8) is 0 Å².